The van der Waals surface area contributed by atoms with Gasteiger partial charge in [-0.2, -0.15) is 0 Å². The third-order valence-electron chi connectivity index (χ3n) is 8.41. The molecule has 0 atom stereocenters. The number of aromatic nitrogens is 2. The summed E-state index contributed by atoms with van der Waals surface area (Å²) in [6.45, 7) is 3.82. The van der Waals surface area contributed by atoms with Gasteiger partial charge >= 0.3 is 5.97 Å². The van der Waals surface area contributed by atoms with Crippen LogP contribution in [0, 0.1) is 5.82 Å². The number of carboxylic acids is 1. The number of carbonyl (C=O) groups is 2. The Morgan fingerprint density at radius 1 is 0.936 bits per heavy atom. The molecule has 5 aromatic rings. The van der Waals surface area contributed by atoms with Crippen molar-refractivity contribution in [3.05, 3.63) is 105 Å². The zero-order valence-electron chi connectivity index (χ0n) is 26.0. The maximum absolute atomic E-state index is 16.0. The number of nitrogens with one attached hydrogen (secondary N) is 1. The summed E-state index contributed by atoms with van der Waals surface area (Å²) in [5.74, 6) is -1.01. The van der Waals surface area contributed by atoms with E-state index in [4.69, 9.17) is 32.9 Å². The van der Waals surface area contributed by atoms with Crippen molar-refractivity contribution in [1.29, 1.82) is 0 Å². The Balaban J connectivity index is 1.34. The first-order valence-corrected chi connectivity index (χ1v) is 16.4. The highest BCUT2D eigenvalue weighted by Gasteiger charge is 2.25. The number of hydrogen-bond acceptors (Lipinski definition) is 4. The van der Waals surface area contributed by atoms with Crippen molar-refractivity contribution >= 4 is 46.1 Å². The lowest BCUT2D eigenvalue weighted by Gasteiger charge is -2.25. The molecule has 1 aliphatic carbocycles. The van der Waals surface area contributed by atoms with Crippen LogP contribution in [0.4, 0.5) is 4.39 Å². The summed E-state index contributed by atoms with van der Waals surface area (Å²) in [6.07, 6.45) is 5.16. The molecule has 0 aliphatic heterocycles. The Morgan fingerprint density at radius 2 is 1.64 bits per heavy atom. The van der Waals surface area contributed by atoms with Crippen LogP contribution < -0.4 is 10.1 Å². The molecular formula is C37H34Cl2FN3O4. The average molecular weight is 675 g/mol. The number of benzene rings is 4. The van der Waals surface area contributed by atoms with Gasteiger partial charge in [0.25, 0.3) is 5.91 Å². The molecule has 1 saturated carbocycles. The molecular weight excluding hydrogens is 640 g/mol. The van der Waals surface area contributed by atoms with Crippen molar-refractivity contribution in [3.8, 4) is 28.3 Å². The molecule has 0 bridgehead atoms. The first-order chi connectivity index (χ1) is 22.6. The monoisotopic (exact) mass is 673 g/mol. The molecule has 0 unspecified atom stereocenters. The Kier molecular flexibility index (Phi) is 9.52. The first kappa shape index (κ1) is 32.5. The summed E-state index contributed by atoms with van der Waals surface area (Å²) in [6, 6.07) is 20.1. The van der Waals surface area contributed by atoms with E-state index in [0.717, 1.165) is 48.7 Å². The molecule has 4 aromatic carbocycles. The number of aromatic carboxylic acids is 1. The Bertz CT molecular complexity index is 1960. The molecule has 0 radical (unpaired) electrons. The van der Waals surface area contributed by atoms with E-state index in [1.54, 1.807) is 54.6 Å². The van der Waals surface area contributed by atoms with Gasteiger partial charge in [-0.05, 0) is 104 Å². The van der Waals surface area contributed by atoms with Crippen molar-refractivity contribution < 1.29 is 23.8 Å². The quantitative estimate of drug-likeness (QED) is 0.162. The lowest BCUT2D eigenvalue weighted by molar-refractivity contribution is 0.0696. The minimum absolute atomic E-state index is 0.0411. The van der Waals surface area contributed by atoms with Crippen molar-refractivity contribution in [2.24, 2.45) is 0 Å². The van der Waals surface area contributed by atoms with Crippen molar-refractivity contribution in [1.82, 2.24) is 14.9 Å². The van der Waals surface area contributed by atoms with Gasteiger partial charge in [0.1, 0.15) is 24.0 Å². The molecule has 0 spiro atoms. The number of ether oxygens (including phenoxy) is 1. The zero-order chi connectivity index (χ0) is 33.2. The fourth-order valence-electron chi connectivity index (χ4n) is 6.25. The van der Waals surface area contributed by atoms with Crippen molar-refractivity contribution in [3.63, 3.8) is 0 Å². The maximum atomic E-state index is 16.0. The molecule has 2 N–H and O–H groups in total. The minimum Gasteiger partial charge on any atom is -0.489 e. The van der Waals surface area contributed by atoms with Crippen LogP contribution in [0.3, 0.4) is 0 Å². The third-order valence-corrected chi connectivity index (χ3v) is 8.85. The molecule has 1 fully saturated rings. The molecule has 1 heterocycles. The van der Waals surface area contributed by atoms with Gasteiger partial charge in [-0.1, -0.05) is 48.5 Å². The van der Waals surface area contributed by atoms with Gasteiger partial charge in [0.2, 0.25) is 0 Å². The molecule has 6 rings (SSSR count). The van der Waals surface area contributed by atoms with Crippen LogP contribution >= 0.6 is 23.2 Å². The maximum Gasteiger partial charge on any atom is 0.335 e. The second-order valence-corrected chi connectivity index (χ2v) is 13.1. The predicted molar refractivity (Wildman–Crippen MR) is 183 cm³/mol. The SMILES string of the molecule is CC(C)NC(=O)c1ccc(-c2cc(Cl)cc(Cl)c2)c(COc2ccc(-c3nc4cc(C(=O)O)ccc4n3C3CCCCC3)c(F)c2)c1. The molecule has 0 saturated heterocycles. The van der Waals surface area contributed by atoms with Crippen molar-refractivity contribution in [2.75, 3.05) is 0 Å². The summed E-state index contributed by atoms with van der Waals surface area (Å²) in [7, 11) is 0. The first-order valence-electron chi connectivity index (χ1n) is 15.7. The highest BCUT2D eigenvalue weighted by atomic mass is 35.5. The molecule has 1 amide bonds. The van der Waals surface area contributed by atoms with Crippen LogP contribution in [0.5, 0.6) is 5.75 Å². The average Bonchev–Trinajstić information content (AvgIpc) is 3.42. The number of carboxylic acid groups (broad SMARTS) is 1. The Labute approximate surface area is 282 Å². The summed E-state index contributed by atoms with van der Waals surface area (Å²) in [4.78, 5) is 29.2. The Hall–Kier alpha value is -4.40. The van der Waals surface area contributed by atoms with E-state index < -0.39 is 11.8 Å². The van der Waals surface area contributed by atoms with E-state index in [9.17, 15) is 14.7 Å². The highest BCUT2D eigenvalue weighted by molar-refractivity contribution is 6.35. The molecule has 1 aromatic heterocycles. The number of rotatable bonds is 9. The van der Waals surface area contributed by atoms with Crippen LogP contribution in [-0.2, 0) is 6.61 Å². The molecule has 10 heteroatoms. The Morgan fingerprint density at radius 3 is 2.32 bits per heavy atom. The smallest absolute Gasteiger partial charge is 0.335 e. The number of imidazole rings is 1. The highest BCUT2D eigenvalue weighted by Crippen LogP contribution is 2.38. The van der Waals surface area contributed by atoms with Crippen LogP contribution in [0.1, 0.15) is 78.3 Å². The summed E-state index contributed by atoms with van der Waals surface area (Å²) >= 11 is 12.6. The number of nitrogens with zero attached hydrogens (tertiary/aromatic N) is 2. The van der Waals surface area contributed by atoms with E-state index in [-0.39, 0.29) is 30.2 Å². The summed E-state index contributed by atoms with van der Waals surface area (Å²) in [5.41, 5.74) is 4.41. The van der Waals surface area contributed by atoms with E-state index in [1.165, 1.54) is 12.1 Å². The lowest BCUT2D eigenvalue weighted by Crippen LogP contribution is -2.30. The number of fused-ring (bicyclic) bond motifs is 1. The second-order valence-electron chi connectivity index (χ2n) is 12.2. The van der Waals surface area contributed by atoms with Crippen LogP contribution in [0.25, 0.3) is 33.5 Å². The van der Waals surface area contributed by atoms with E-state index in [1.807, 2.05) is 19.9 Å². The number of amides is 1. The van der Waals surface area contributed by atoms with Gasteiger partial charge in [0, 0.05) is 33.8 Å². The zero-order valence-corrected chi connectivity index (χ0v) is 27.5. The topological polar surface area (TPSA) is 93.4 Å². The largest absolute Gasteiger partial charge is 0.489 e. The molecule has 7 nitrogen and oxygen atoms in total. The fourth-order valence-corrected chi connectivity index (χ4v) is 6.78. The third kappa shape index (κ3) is 7.14. The van der Waals surface area contributed by atoms with Gasteiger partial charge < -0.3 is 19.7 Å². The molecule has 1 aliphatic rings. The second kappa shape index (κ2) is 13.8. The molecule has 242 valence electrons. The number of halogens is 3. The lowest BCUT2D eigenvalue weighted by atomic mass is 9.94. The van der Waals surface area contributed by atoms with E-state index in [2.05, 4.69) is 9.88 Å². The number of hydrogen-bond donors (Lipinski definition) is 2. The van der Waals surface area contributed by atoms with Gasteiger partial charge in [0.15, 0.2) is 0 Å². The van der Waals surface area contributed by atoms with Crippen LogP contribution in [0.15, 0.2) is 72.8 Å². The number of carbonyl (C=O) groups excluding carboxylic acids is 1. The molecule has 47 heavy (non-hydrogen) atoms. The standard InChI is InChI=1S/C37H34Cl2FN3O4/c1-21(2)41-36(44)22-8-11-30(24-15-26(38)18-27(39)16-24)25(14-22)20-47-29-10-12-31(32(40)19-29)35-42-33-17-23(37(45)46)9-13-34(33)43(35)28-6-4-3-5-7-28/h8-19,21,28H,3-7,20H2,1-2H3,(H,41,44)(H,45,46). The fraction of sp³-hybridized carbons (Fsp3) is 0.270. The van der Waals surface area contributed by atoms with E-state index in [0.29, 0.717) is 43.8 Å². The van der Waals surface area contributed by atoms with Gasteiger partial charge in [-0.3, -0.25) is 4.79 Å². The van der Waals surface area contributed by atoms with E-state index >= 15 is 4.39 Å². The van der Waals surface area contributed by atoms with Gasteiger partial charge in [0.05, 0.1) is 22.2 Å². The normalized spacial score (nSPS) is 13.7. The van der Waals surface area contributed by atoms with Crippen molar-refractivity contribution in [2.45, 2.75) is 64.6 Å². The summed E-state index contributed by atoms with van der Waals surface area (Å²) in [5, 5.41) is 13.4. The van der Waals surface area contributed by atoms with Gasteiger partial charge in [-0.25, -0.2) is 14.2 Å². The summed E-state index contributed by atoms with van der Waals surface area (Å²) < 4.78 is 24.1. The van der Waals surface area contributed by atoms with Crippen LogP contribution in [-0.4, -0.2) is 32.6 Å². The predicted octanol–water partition coefficient (Wildman–Crippen LogP) is 9.74. The van der Waals surface area contributed by atoms with Crippen LogP contribution in [0.2, 0.25) is 10.0 Å². The van der Waals surface area contributed by atoms with Gasteiger partial charge in [-0.15, -0.1) is 0 Å². The minimum atomic E-state index is -1.04.